The molecule has 1 heterocycles. The van der Waals surface area contributed by atoms with Crippen molar-refractivity contribution >= 4 is 16.7 Å². The van der Waals surface area contributed by atoms with Gasteiger partial charge in [0.15, 0.2) is 0 Å². The van der Waals surface area contributed by atoms with Crippen LogP contribution in [-0.4, -0.2) is 16.4 Å². The normalized spacial score (nSPS) is 13.0. The van der Waals surface area contributed by atoms with Crippen LogP contribution in [0, 0.1) is 6.92 Å². The van der Waals surface area contributed by atoms with E-state index in [1.807, 2.05) is 6.92 Å². The van der Waals surface area contributed by atoms with E-state index in [9.17, 15) is 0 Å². The zero-order valence-electron chi connectivity index (χ0n) is 11.9. The Morgan fingerprint density at radius 2 is 1.52 bits per heavy atom. The van der Waals surface area contributed by atoms with Gasteiger partial charge < -0.3 is 4.90 Å². The van der Waals surface area contributed by atoms with Gasteiger partial charge in [0.25, 0.3) is 0 Å². The van der Waals surface area contributed by atoms with Crippen molar-refractivity contribution in [2.75, 3.05) is 11.9 Å². The summed E-state index contributed by atoms with van der Waals surface area (Å²) >= 11 is 1.46. The first-order valence-electron chi connectivity index (χ1n) is 6.97. The smallest absolute Gasteiger partial charge is 0.205 e. The number of rotatable bonds is 2. The second kappa shape index (κ2) is 4.67. The van der Waals surface area contributed by atoms with E-state index in [4.69, 9.17) is 0 Å². The summed E-state index contributed by atoms with van der Waals surface area (Å²) in [5.74, 6) is 0.835. The van der Waals surface area contributed by atoms with Gasteiger partial charge in [-0.25, -0.2) is 4.98 Å². The van der Waals surface area contributed by atoms with E-state index in [1.54, 1.807) is 0 Å². The van der Waals surface area contributed by atoms with Crippen LogP contribution in [-0.2, 0) is 0 Å². The van der Waals surface area contributed by atoms with Crippen molar-refractivity contribution in [2.45, 2.75) is 13.0 Å². The predicted octanol–water partition coefficient (Wildman–Crippen LogP) is 4.05. The van der Waals surface area contributed by atoms with E-state index in [1.165, 1.54) is 33.8 Å². The monoisotopic (exact) mass is 293 g/mol. The van der Waals surface area contributed by atoms with Gasteiger partial charge in [-0.2, -0.15) is 4.37 Å². The molecule has 0 saturated heterocycles. The van der Waals surface area contributed by atoms with Gasteiger partial charge in [0.2, 0.25) is 5.13 Å². The molecule has 4 rings (SSSR count). The van der Waals surface area contributed by atoms with E-state index >= 15 is 0 Å². The molecule has 3 aromatic rings. The van der Waals surface area contributed by atoms with Gasteiger partial charge in [-0.3, -0.25) is 0 Å². The Hall–Kier alpha value is -2.20. The number of anilines is 1. The maximum atomic E-state index is 4.53. The second-order valence-electron chi connectivity index (χ2n) is 5.31. The molecule has 104 valence electrons. The van der Waals surface area contributed by atoms with Gasteiger partial charge in [0.05, 0.1) is 6.04 Å². The third kappa shape index (κ3) is 1.87. The van der Waals surface area contributed by atoms with Gasteiger partial charge in [-0.05, 0) is 29.2 Å². The summed E-state index contributed by atoms with van der Waals surface area (Å²) in [6, 6.07) is 17.5. The largest absolute Gasteiger partial charge is 0.339 e. The van der Waals surface area contributed by atoms with Crippen molar-refractivity contribution in [2.24, 2.45) is 0 Å². The first-order valence-corrected chi connectivity index (χ1v) is 7.74. The molecule has 0 amide bonds. The molecule has 0 N–H and O–H groups in total. The number of aryl methyl sites for hydroxylation is 1. The first kappa shape index (κ1) is 12.5. The number of aromatic nitrogens is 2. The number of benzene rings is 2. The van der Waals surface area contributed by atoms with Crippen LogP contribution in [0.4, 0.5) is 5.13 Å². The lowest BCUT2D eigenvalue weighted by molar-refractivity contribution is 0.796. The Balaban J connectivity index is 1.89. The van der Waals surface area contributed by atoms with Crippen LogP contribution < -0.4 is 4.90 Å². The van der Waals surface area contributed by atoms with Crippen LogP contribution in [0.5, 0.6) is 0 Å². The highest BCUT2D eigenvalue weighted by Crippen LogP contribution is 2.46. The summed E-state index contributed by atoms with van der Waals surface area (Å²) in [4.78, 5) is 6.77. The van der Waals surface area contributed by atoms with Crippen LogP contribution in [0.2, 0.25) is 0 Å². The molecule has 4 heteroatoms. The second-order valence-corrected chi connectivity index (χ2v) is 6.04. The van der Waals surface area contributed by atoms with Crippen molar-refractivity contribution in [1.82, 2.24) is 9.36 Å². The minimum Gasteiger partial charge on any atom is -0.339 e. The standard InChI is InChI=1S/C17H15N3S/c1-11-18-17(21-19-11)20(2)16-14-9-5-3-7-12(14)13-8-4-6-10-15(13)16/h3-10,16H,1-2H3. The van der Waals surface area contributed by atoms with E-state index in [0.29, 0.717) is 0 Å². The molecule has 0 radical (unpaired) electrons. The summed E-state index contributed by atoms with van der Waals surface area (Å²) in [6.07, 6.45) is 0. The van der Waals surface area contributed by atoms with E-state index in [-0.39, 0.29) is 6.04 Å². The molecular weight excluding hydrogens is 278 g/mol. The summed E-state index contributed by atoms with van der Waals surface area (Å²) in [5, 5.41) is 0.962. The zero-order valence-corrected chi connectivity index (χ0v) is 12.8. The van der Waals surface area contributed by atoms with E-state index in [2.05, 4.69) is 69.8 Å². The summed E-state index contributed by atoms with van der Waals surface area (Å²) in [6.45, 7) is 1.93. The topological polar surface area (TPSA) is 29.0 Å². The highest BCUT2D eigenvalue weighted by Gasteiger charge is 2.32. The van der Waals surface area contributed by atoms with Crippen LogP contribution in [0.25, 0.3) is 11.1 Å². The fourth-order valence-corrected chi connectivity index (χ4v) is 3.75. The quantitative estimate of drug-likeness (QED) is 0.713. The lowest BCUT2D eigenvalue weighted by Crippen LogP contribution is -2.23. The highest BCUT2D eigenvalue weighted by molar-refractivity contribution is 7.09. The summed E-state index contributed by atoms with van der Waals surface area (Å²) < 4.78 is 4.31. The van der Waals surface area contributed by atoms with Crippen molar-refractivity contribution < 1.29 is 0 Å². The van der Waals surface area contributed by atoms with Crippen LogP contribution in [0.3, 0.4) is 0 Å². The van der Waals surface area contributed by atoms with Gasteiger partial charge in [-0.15, -0.1) is 0 Å². The third-order valence-electron chi connectivity index (χ3n) is 4.01. The molecule has 0 fully saturated rings. The third-order valence-corrected chi connectivity index (χ3v) is 4.90. The van der Waals surface area contributed by atoms with E-state index < -0.39 is 0 Å². The molecule has 21 heavy (non-hydrogen) atoms. The average Bonchev–Trinajstić information content (AvgIpc) is 3.08. The Kier molecular flexibility index (Phi) is 2.79. The molecule has 0 bridgehead atoms. The van der Waals surface area contributed by atoms with Crippen molar-refractivity contribution in [3.05, 3.63) is 65.5 Å². The molecular formula is C17H15N3S. The maximum Gasteiger partial charge on any atom is 0.205 e. The molecule has 0 saturated carbocycles. The van der Waals surface area contributed by atoms with Crippen molar-refractivity contribution in [3.8, 4) is 11.1 Å². The lowest BCUT2D eigenvalue weighted by atomic mass is 10.0. The van der Waals surface area contributed by atoms with Gasteiger partial charge in [-0.1, -0.05) is 48.5 Å². The molecule has 1 aliphatic rings. The Morgan fingerprint density at radius 1 is 0.952 bits per heavy atom. The highest BCUT2D eigenvalue weighted by atomic mass is 32.1. The first-order chi connectivity index (χ1) is 10.3. The van der Waals surface area contributed by atoms with Crippen LogP contribution in [0.15, 0.2) is 48.5 Å². The molecule has 2 aromatic carbocycles. The zero-order chi connectivity index (χ0) is 14.4. The summed E-state index contributed by atoms with van der Waals surface area (Å²) in [5.41, 5.74) is 5.33. The molecule has 0 atom stereocenters. The van der Waals surface area contributed by atoms with E-state index in [0.717, 1.165) is 11.0 Å². The lowest BCUT2D eigenvalue weighted by Gasteiger charge is -2.25. The Labute approximate surface area is 128 Å². The van der Waals surface area contributed by atoms with Crippen molar-refractivity contribution in [1.29, 1.82) is 0 Å². The van der Waals surface area contributed by atoms with Gasteiger partial charge in [0.1, 0.15) is 5.82 Å². The fraction of sp³-hybridized carbons (Fsp3) is 0.176. The maximum absolute atomic E-state index is 4.53. The number of fused-ring (bicyclic) bond motifs is 3. The minimum atomic E-state index is 0.213. The molecule has 0 spiro atoms. The molecule has 3 nitrogen and oxygen atoms in total. The van der Waals surface area contributed by atoms with Gasteiger partial charge >= 0.3 is 0 Å². The predicted molar refractivity (Wildman–Crippen MR) is 86.8 cm³/mol. The number of hydrogen-bond acceptors (Lipinski definition) is 4. The van der Waals surface area contributed by atoms with Gasteiger partial charge in [0, 0.05) is 18.6 Å². The molecule has 1 aliphatic carbocycles. The Bertz CT molecular complexity index is 764. The SMILES string of the molecule is Cc1nsc(N(C)C2c3ccccc3-c3ccccc32)n1. The van der Waals surface area contributed by atoms with Crippen molar-refractivity contribution in [3.63, 3.8) is 0 Å². The number of nitrogens with zero attached hydrogens (tertiary/aromatic N) is 3. The van der Waals surface area contributed by atoms with Crippen LogP contribution >= 0.6 is 11.5 Å². The molecule has 1 aromatic heterocycles. The minimum absolute atomic E-state index is 0.213. The van der Waals surface area contributed by atoms with Crippen LogP contribution in [0.1, 0.15) is 23.0 Å². The molecule has 0 unspecified atom stereocenters. The average molecular weight is 293 g/mol. The number of hydrogen-bond donors (Lipinski definition) is 0. The summed E-state index contributed by atoms with van der Waals surface area (Å²) in [7, 11) is 2.10. The Morgan fingerprint density at radius 3 is 2.05 bits per heavy atom. The fourth-order valence-electron chi connectivity index (χ4n) is 3.09. The molecule has 0 aliphatic heterocycles.